The van der Waals surface area contributed by atoms with Crippen molar-refractivity contribution in [3.8, 4) is 10.4 Å². The Morgan fingerprint density at radius 1 is 1.15 bits per heavy atom. The number of hydrogen-bond acceptors (Lipinski definition) is 3. The smallest absolute Gasteiger partial charge is 0.107 e. The van der Waals surface area contributed by atoms with E-state index in [9.17, 15) is 0 Å². The molecule has 0 spiro atoms. The van der Waals surface area contributed by atoms with Gasteiger partial charge >= 0.3 is 0 Å². The topological polar surface area (TPSA) is 24.9 Å². The standard InChI is InChI=1S/C17H22N2S/c1-13-7-9-14(10-8-13)16-11-19-17(20-16)12-18-15-5-3-2-4-6-15/h7-11,15,18H,2-6,12H2,1H3. The number of rotatable bonds is 4. The Balaban J connectivity index is 1.60. The van der Waals surface area contributed by atoms with Crippen molar-refractivity contribution in [2.24, 2.45) is 0 Å². The Morgan fingerprint density at radius 2 is 1.90 bits per heavy atom. The Hall–Kier alpha value is -1.19. The van der Waals surface area contributed by atoms with E-state index < -0.39 is 0 Å². The Labute approximate surface area is 125 Å². The molecule has 20 heavy (non-hydrogen) atoms. The number of nitrogens with zero attached hydrogens (tertiary/aromatic N) is 1. The van der Waals surface area contributed by atoms with Gasteiger partial charge in [-0.05, 0) is 25.3 Å². The van der Waals surface area contributed by atoms with Crippen LogP contribution in [0.15, 0.2) is 30.5 Å². The third-order valence-electron chi connectivity index (χ3n) is 4.04. The number of nitrogens with one attached hydrogen (secondary N) is 1. The quantitative estimate of drug-likeness (QED) is 0.892. The second kappa shape index (κ2) is 6.51. The molecule has 0 bridgehead atoms. The zero-order chi connectivity index (χ0) is 13.8. The van der Waals surface area contributed by atoms with E-state index in [2.05, 4.69) is 41.5 Å². The third kappa shape index (κ3) is 3.47. The molecule has 3 rings (SSSR count). The van der Waals surface area contributed by atoms with Crippen molar-refractivity contribution in [2.45, 2.75) is 51.6 Å². The predicted octanol–water partition coefficient (Wildman–Crippen LogP) is 4.54. The summed E-state index contributed by atoms with van der Waals surface area (Å²) in [5.41, 5.74) is 2.58. The first kappa shape index (κ1) is 13.8. The lowest BCUT2D eigenvalue weighted by Gasteiger charge is -2.22. The molecule has 0 aliphatic heterocycles. The SMILES string of the molecule is Cc1ccc(-c2cnc(CNC3CCCCC3)s2)cc1. The average molecular weight is 286 g/mol. The van der Waals surface area contributed by atoms with Crippen LogP contribution in [0.3, 0.4) is 0 Å². The highest BCUT2D eigenvalue weighted by atomic mass is 32.1. The van der Waals surface area contributed by atoms with Crippen molar-refractivity contribution < 1.29 is 0 Å². The largest absolute Gasteiger partial charge is 0.308 e. The van der Waals surface area contributed by atoms with E-state index in [0.29, 0.717) is 6.04 Å². The fraction of sp³-hybridized carbons (Fsp3) is 0.471. The van der Waals surface area contributed by atoms with Gasteiger partial charge in [0.1, 0.15) is 5.01 Å². The summed E-state index contributed by atoms with van der Waals surface area (Å²) in [7, 11) is 0. The highest BCUT2D eigenvalue weighted by Crippen LogP contribution is 2.26. The lowest BCUT2D eigenvalue weighted by atomic mass is 9.96. The molecule has 1 N–H and O–H groups in total. The Bertz CT molecular complexity index is 538. The highest BCUT2D eigenvalue weighted by Gasteiger charge is 2.13. The number of aryl methyl sites for hydroxylation is 1. The van der Waals surface area contributed by atoms with E-state index >= 15 is 0 Å². The van der Waals surface area contributed by atoms with E-state index in [4.69, 9.17) is 0 Å². The van der Waals surface area contributed by atoms with Crippen LogP contribution in [0.1, 0.15) is 42.7 Å². The summed E-state index contributed by atoms with van der Waals surface area (Å²) in [6, 6.07) is 9.39. The van der Waals surface area contributed by atoms with Crippen LogP contribution in [0.2, 0.25) is 0 Å². The molecule has 1 fully saturated rings. The molecule has 1 aliphatic rings. The van der Waals surface area contributed by atoms with Crippen LogP contribution < -0.4 is 5.32 Å². The molecule has 0 saturated heterocycles. The van der Waals surface area contributed by atoms with Gasteiger partial charge in [-0.1, -0.05) is 49.1 Å². The fourth-order valence-corrected chi connectivity index (χ4v) is 3.66. The minimum Gasteiger partial charge on any atom is -0.308 e. The molecule has 0 unspecified atom stereocenters. The molecule has 1 heterocycles. The van der Waals surface area contributed by atoms with Gasteiger partial charge in [-0.2, -0.15) is 0 Å². The molecule has 1 aliphatic carbocycles. The van der Waals surface area contributed by atoms with Crippen molar-refractivity contribution in [3.63, 3.8) is 0 Å². The molecule has 0 amide bonds. The van der Waals surface area contributed by atoms with Crippen LogP contribution in [-0.2, 0) is 6.54 Å². The van der Waals surface area contributed by atoms with E-state index in [1.54, 1.807) is 11.3 Å². The van der Waals surface area contributed by atoms with Crippen LogP contribution in [0.25, 0.3) is 10.4 Å². The zero-order valence-electron chi connectivity index (χ0n) is 12.1. The fourth-order valence-electron chi connectivity index (χ4n) is 2.78. The maximum atomic E-state index is 4.56. The number of benzene rings is 1. The monoisotopic (exact) mass is 286 g/mol. The molecule has 1 saturated carbocycles. The molecule has 2 nitrogen and oxygen atoms in total. The lowest BCUT2D eigenvalue weighted by Crippen LogP contribution is -2.30. The summed E-state index contributed by atoms with van der Waals surface area (Å²) in [4.78, 5) is 5.82. The maximum absolute atomic E-state index is 4.56. The summed E-state index contributed by atoms with van der Waals surface area (Å²) >= 11 is 1.81. The van der Waals surface area contributed by atoms with Crippen LogP contribution in [0, 0.1) is 6.92 Å². The molecule has 0 radical (unpaired) electrons. The average Bonchev–Trinajstić information content (AvgIpc) is 2.96. The van der Waals surface area contributed by atoms with E-state index in [-0.39, 0.29) is 0 Å². The molecule has 1 aromatic heterocycles. The van der Waals surface area contributed by atoms with Gasteiger partial charge in [-0.25, -0.2) is 4.98 Å². The van der Waals surface area contributed by atoms with E-state index in [0.717, 1.165) is 6.54 Å². The Morgan fingerprint density at radius 3 is 2.65 bits per heavy atom. The molecule has 0 atom stereocenters. The zero-order valence-corrected chi connectivity index (χ0v) is 12.9. The minimum atomic E-state index is 0.704. The molecule has 1 aromatic carbocycles. The Kier molecular flexibility index (Phi) is 4.48. The van der Waals surface area contributed by atoms with Crippen molar-refractivity contribution in [1.29, 1.82) is 0 Å². The normalized spacial score (nSPS) is 16.4. The van der Waals surface area contributed by atoms with Gasteiger partial charge in [0, 0.05) is 18.8 Å². The van der Waals surface area contributed by atoms with Crippen molar-refractivity contribution in [2.75, 3.05) is 0 Å². The van der Waals surface area contributed by atoms with E-state index in [1.807, 2.05) is 6.20 Å². The number of hydrogen-bond donors (Lipinski definition) is 1. The second-order valence-electron chi connectivity index (χ2n) is 5.70. The van der Waals surface area contributed by atoms with Gasteiger partial charge in [0.2, 0.25) is 0 Å². The molecule has 2 aromatic rings. The van der Waals surface area contributed by atoms with Crippen molar-refractivity contribution >= 4 is 11.3 Å². The van der Waals surface area contributed by atoms with Gasteiger partial charge in [-0.15, -0.1) is 11.3 Å². The van der Waals surface area contributed by atoms with E-state index in [1.165, 1.54) is 53.1 Å². The molecule has 106 valence electrons. The first-order chi connectivity index (χ1) is 9.81. The summed E-state index contributed by atoms with van der Waals surface area (Å²) in [6.45, 7) is 3.04. The van der Waals surface area contributed by atoms with Crippen LogP contribution in [0.5, 0.6) is 0 Å². The van der Waals surface area contributed by atoms with Crippen LogP contribution in [-0.4, -0.2) is 11.0 Å². The number of aromatic nitrogens is 1. The minimum absolute atomic E-state index is 0.704. The highest BCUT2D eigenvalue weighted by molar-refractivity contribution is 7.15. The van der Waals surface area contributed by atoms with Crippen molar-refractivity contribution in [3.05, 3.63) is 41.0 Å². The summed E-state index contributed by atoms with van der Waals surface area (Å²) in [5.74, 6) is 0. The predicted molar refractivity (Wildman–Crippen MR) is 86.0 cm³/mol. The summed E-state index contributed by atoms with van der Waals surface area (Å²) < 4.78 is 0. The second-order valence-corrected chi connectivity index (χ2v) is 6.82. The van der Waals surface area contributed by atoms with Crippen LogP contribution in [0.4, 0.5) is 0 Å². The third-order valence-corrected chi connectivity index (χ3v) is 5.08. The lowest BCUT2D eigenvalue weighted by molar-refractivity contribution is 0.372. The maximum Gasteiger partial charge on any atom is 0.107 e. The molecule has 3 heteroatoms. The van der Waals surface area contributed by atoms with Gasteiger partial charge in [0.15, 0.2) is 0 Å². The van der Waals surface area contributed by atoms with Crippen molar-refractivity contribution in [1.82, 2.24) is 10.3 Å². The van der Waals surface area contributed by atoms with Crippen LogP contribution >= 0.6 is 11.3 Å². The summed E-state index contributed by atoms with van der Waals surface area (Å²) in [6.07, 6.45) is 8.83. The molecular weight excluding hydrogens is 264 g/mol. The van der Waals surface area contributed by atoms with Gasteiger partial charge in [-0.3, -0.25) is 0 Å². The molecular formula is C17H22N2S. The summed E-state index contributed by atoms with van der Waals surface area (Å²) in [5, 5.41) is 4.86. The van der Waals surface area contributed by atoms with Gasteiger partial charge < -0.3 is 5.32 Å². The first-order valence-corrected chi connectivity index (χ1v) is 8.38. The number of thiazole rings is 1. The first-order valence-electron chi connectivity index (χ1n) is 7.56. The van der Waals surface area contributed by atoms with Gasteiger partial charge in [0.25, 0.3) is 0 Å². The van der Waals surface area contributed by atoms with Gasteiger partial charge in [0.05, 0.1) is 4.88 Å².